The first-order chi connectivity index (χ1) is 19.8. The summed E-state index contributed by atoms with van der Waals surface area (Å²) in [6.07, 6.45) is 8.20. The second-order valence-corrected chi connectivity index (χ2v) is 10.2. The van der Waals surface area contributed by atoms with E-state index >= 15 is 0 Å². The van der Waals surface area contributed by atoms with Gasteiger partial charge in [-0.1, -0.05) is 72.8 Å². The zero-order valence-electron chi connectivity index (χ0n) is 21.6. The molecular formula is C36H24N4. The molecule has 1 unspecified atom stereocenters. The molecule has 7 aromatic rings. The Morgan fingerprint density at radius 2 is 0.975 bits per heavy atom. The quantitative estimate of drug-likeness (QED) is 0.241. The predicted octanol–water partition coefficient (Wildman–Crippen LogP) is 8.53. The molecule has 1 atom stereocenters. The average molecular weight is 513 g/mol. The minimum Gasteiger partial charge on any atom is -0.381 e. The number of allylic oxidation sites excluding steroid dienone is 2. The van der Waals surface area contributed by atoms with E-state index in [0.29, 0.717) is 0 Å². The maximum absolute atomic E-state index is 5.11. The zero-order chi connectivity index (χ0) is 26.5. The molecule has 0 radical (unpaired) electrons. The molecular weight excluding hydrogens is 488 g/mol. The lowest BCUT2D eigenvalue weighted by atomic mass is 10.0. The number of fused-ring (bicyclic) bond motifs is 4. The van der Waals surface area contributed by atoms with Gasteiger partial charge in [0.05, 0.1) is 39.9 Å². The lowest BCUT2D eigenvalue weighted by Crippen LogP contribution is -2.15. The lowest BCUT2D eigenvalue weighted by Gasteiger charge is -2.18. The van der Waals surface area contributed by atoms with Crippen LogP contribution in [0, 0.1) is 0 Å². The SMILES string of the molecule is C1=CNC(c2cc(-c3ccc4cc5ccccc5cc4n3)nc(-c3ccc4cc5ccccc5cc4n3)c2)C=C1. The van der Waals surface area contributed by atoms with Gasteiger partial charge in [0.2, 0.25) is 0 Å². The van der Waals surface area contributed by atoms with Crippen LogP contribution in [-0.4, -0.2) is 15.0 Å². The molecule has 188 valence electrons. The van der Waals surface area contributed by atoms with Gasteiger partial charge in [-0.3, -0.25) is 0 Å². The second-order valence-electron chi connectivity index (χ2n) is 10.2. The van der Waals surface area contributed by atoms with Crippen LogP contribution in [0.15, 0.2) is 134 Å². The molecule has 0 saturated carbocycles. The highest BCUT2D eigenvalue weighted by molar-refractivity contribution is 5.98. The summed E-state index contributed by atoms with van der Waals surface area (Å²) in [5.74, 6) is 0. The Balaban J connectivity index is 1.29. The summed E-state index contributed by atoms with van der Waals surface area (Å²) >= 11 is 0. The molecule has 4 heterocycles. The fraction of sp³-hybridized carbons (Fsp3) is 0.0278. The normalized spacial score (nSPS) is 14.8. The van der Waals surface area contributed by atoms with E-state index in [0.717, 1.165) is 50.1 Å². The summed E-state index contributed by atoms with van der Waals surface area (Å²) < 4.78 is 0. The van der Waals surface area contributed by atoms with Crippen molar-refractivity contribution in [2.24, 2.45) is 0 Å². The Labute approximate surface area is 231 Å². The van der Waals surface area contributed by atoms with Crippen molar-refractivity contribution in [2.45, 2.75) is 6.04 Å². The summed E-state index contributed by atoms with van der Waals surface area (Å²) in [6, 6.07) is 38.2. The minimum atomic E-state index is 0.0410. The Morgan fingerprint density at radius 3 is 1.48 bits per heavy atom. The molecule has 40 heavy (non-hydrogen) atoms. The van der Waals surface area contributed by atoms with Crippen LogP contribution in [0.25, 0.3) is 66.1 Å². The molecule has 1 aliphatic rings. The molecule has 1 N–H and O–H groups in total. The van der Waals surface area contributed by atoms with E-state index in [1.165, 1.54) is 21.5 Å². The Bertz CT molecular complexity index is 2020. The molecule has 8 rings (SSSR count). The van der Waals surface area contributed by atoms with Crippen molar-refractivity contribution in [3.05, 3.63) is 139 Å². The number of hydrogen-bond acceptors (Lipinski definition) is 4. The van der Waals surface area contributed by atoms with Gasteiger partial charge in [-0.15, -0.1) is 0 Å². The Kier molecular flexibility index (Phi) is 5.17. The molecule has 0 aliphatic carbocycles. The summed E-state index contributed by atoms with van der Waals surface area (Å²) in [5, 5.41) is 10.5. The maximum Gasteiger partial charge on any atom is 0.0898 e. The van der Waals surface area contributed by atoms with Gasteiger partial charge in [-0.2, -0.15) is 0 Å². The Hall–Kier alpha value is -5.35. The van der Waals surface area contributed by atoms with Crippen molar-refractivity contribution in [1.29, 1.82) is 0 Å². The van der Waals surface area contributed by atoms with Gasteiger partial charge in [-0.05, 0) is 87.9 Å². The van der Waals surface area contributed by atoms with Gasteiger partial charge >= 0.3 is 0 Å². The first-order valence-corrected chi connectivity index (χ1v) is 13.5. The van der Waals surface area contributed by atoms with Crippen LogP contribution in [-0.2, 0) is 0 Å². The molecule has 4 nitrogen and oxygen atoms in total. The fourth-order valence-corrected chi connectivity index (χ4v) is 5.56. The number of dihydropyridines is 1. The van der Waals surface area contributed by atoms with Crippen molar-refractivity contribution in [1.82, 2.24) is 20.3 Å². The minimum absolute atomic E-state index is 0.0410. The van der Waals surface area contributed by atoms with E-state index in [1.807, 2.05) is 12.3 Å². The van der Waals surface area contributed by atoms with Gasteiger partial charge in [0.15, 0.2) is 0 Å². The number of benzene rings is 4. The number of rotatable bonds is 3. The van der Waals surface area contributed by atoms with Crippen molar-refractivity contribution in [3.63, 3.8) is 0 Å². The van der Waals surface area contributed by atoms with Crippen molar-refractivity contribution >= 4 is 43.4 Å². The summed E-state index contributed by atoms with van der Waals surface area (Å²) in [4.78, 5) is 15.2. The topological polar surface area (TPSA) is 50.7 Å². The number of hydrogen-bond donors (Lipinski definition) is 1. The van der Waals surface area contributed by atoms with Crippen LogP contribution in [0.2, 0.25) is 0 Å². The molecule has 0 saturated heterocycles. The molecule has 0 bridgehead atoms. The summed E-state index contributed by atoms with van der Waals surface area (Å²) in [7, 11) is 0. The number of nitrogens with one attached hydrogen (secondary N) is 1. The third-order valence-electron chi connectivity index (χ3n) is 7.63. The maximum atomic E-state index is 5.11. The largest absolute Gasteiger partial charge is 0.381 e. The van der Waals surface area contributed by atoms with E-state index < -0.39 is 0 Å². The van der Waals surface area contributed by atoms with Crippen molar-refractivity contribution < 1.29 is 0 Å². The van der Waals surface area contributed by atoms with Crippen molar-refractivity contribution in [3.8, 4) is 22.8 Å². The first kappa shape index (κ1) is 22.6. The van der Waals surface area contributed by atoms with Crippen LogP contribution < -0.4 is 5.32 Å². The van der Waals surface area contributed by atoms with Crippen LogP contribution >= 0.6 is 0 Å². The van der Waals surface area contributed by atoms with Crippen LogP contribution in [0.4, 0.5) is 0 Å². The molecule has 3 aromatic heterocycles. The van der Waals surface area contributed by atoms with Gasteiger partial charge in [0.25, 0.3) is 0 Å². The second kappa shape index (κ2) is 9.14. The van der Waals surface area contributed by atoms with E-state index in [4.69, 9.17) is 15.0 Å². The lowest BCUT2D eigenvalue weighted by molar-refractivity contribution is 0.745. The van der Waals surface area contributed by atoms with E-state index in [1.54, 1.807) is 0 Å². The number of aromatic nitrogens is 3. The highest BCUT2D eigenvalue weighted by Crippen LogP contribution is 2.31. The monoisotopic (exact) mass is 512 g/mol. The Morgan fingerprint density at radius 1 is 0.450 bits per heavy atom. The number of pyridine rings is 3. The first-order valence-electron chi connectivity index (χ1n) is 13.5. The molecule has 0 fully saturated rings. The molecule has 4 aromatic carbocycles. The van der Waals surface area contributed by atoms with Crippen LogP contribution in [0.5, 0.6) is 0 Å². The summed E-state index contributed by atoms with van der Waals surface area (Å²) in [5.41, 5.74) is 6.36. The molecule has 0 spiro atoms. The zero-order valence-corrected chi connectivity index (χ0v) is 21.6. The van der Waals surface area contributed by atoms with E-state index in [9.17, 15) is 0 Å². The fourth-order valence-electron chi connectivity index (χ4n) is 5.56. The standard InChI is InChI=1S/C36H24N4/c1-3-9-25-19-33-27(17-23(25)7-1)12-14-31(38-33)35-21-29(30-11-5-6-16-37-30)22-36(40-35)32-15-13-28-18-24-8-2-4-10-26(24)20-34(28)39-32/h1-22,30,37H. The molecule has 4 heteroatoms. The highest BCUT2D eigenvalue weighted by atomic mass is 14.9. The number of nitrogens with zero attached hydrogens (tertiary/aromatic N) is 3. The van der Waals surface area contributed by atoms with E-state index in [2.05, 4.69) is 127 Å². The third kappa shape index (κ3) is 3.98. The van der Waals surface area contributed by atoms with E-state index in [-0.39, 0.29) is 6.04 Å². The van der Waals surface area contributed by atoms with Gasteiger partial charge < -0.3 is 5.32 Å². The third-order valence-corrected chi connectivity index (χ3v) is 7.63. The average Bonchev–Trinajstić information content (AvgIpc) is 3.02. The van der Waals surface area contributed by atoms with Crippen LogP contribution in [0.1, 0.15) is 11.6 Å². The smallest absolute Gasteiger partial charge is 0.0898 e. The van der Waals surface area contributed by atoms with Gasteiger partial charge in [0, 0.05) is 10.8 Å². The molecule has 1 aliphatic heterocycles. The van der Waals surface area contributed by atoms with Crippen molar-refractivity contribution in [2.75, 3.05) is 0 Å². The van der Waals surface area contributed by atoms with Gasteiger partial charge in [0.1, 0.15) is 0 Å². The highest BCUT2D eigenvalue weighted by Gasteiger charge is 2.16. The van der Waals surface area contributed by atoms with Gasteiger partial charge in [-0.25, -0.2) is 15.0 Å². The van der Waals surface area contributed by atoms with Crippen LogP contribution in [0.3, 0.4) is 0 Å². The summed E-state index contributed by atoms with van der Waals surface area (Å²) in [6.45, 7) is 0. The molecule has 0 amide bonds. The predicted molar refractivity (Wildman–Crippen MR) is 165 cm³/mol.